The minimum absolute atomic E-state index is 0.0654. The first-order valence-electron chi connectivity index (χ1n) is 8.87. The molecule has 1 aromatic rings. The SMILES string of the molecule is CSCC[C@H](NC(=O)c1cccc([N+](=O)[O-])c1)C(=O)O[C@@H](C)C(=O)NC1CC1. The number of carbonyl (C=O) groups is 3. The summed E-state index contributed by atoms with van der Waals surface area (Å²) in [7, 11) is 0. The number of hydrogen-bond donors (Lipinski definition) is 2. The lowest BCUT2D eigenvalue weighted by molar-refractivity contribution is -0.384. The van der Waals surface area contributed by atoms with Crippen molar-refractivity contribution >= 4 is 35.2 Å². The summed E-state index contributed by atoms with van der Waals surface area (Å²) in [6, 6.07) is 4.41. The first-order valence-corrected chi connectivity index (χ1v) is 10.3. The number of carbonyl (C=O) groups excluding carboxylic acids is 3. The van der Waals surface area contributed by atoms with E-state index in [4.69, 9.17) is 4.74 Å². The molecule has 0 aromatic heterocycles. The molecule has 0 saturated heterocycles. The highest BCUT2D eigenvalue weighted by Crippen LogP contribution is 2.19. The Bertz CT molecular complexity index is 753. The summed E-state index contributed by atoms with van der Waals surface area (Å²) in [4.78, 5) is 47.2. The Morgan fingerprint density at radius 3 is 2.68 bits per heavy atom. The van der Waals surface area contributed by atoms with Gasteiger partial charge in [0.15, 0.2) is 6.10 Å². The van der Waals surface area contributed by atoms with E-state index in [2.05, 4.69) is 10.6 Å². The molecule has 0 heterocycles. The van der Waals surface area contributed by atoms with Gasteiger partial charge in [-0.1, -0.05) is 6.07 Å². The van der Waals surface area contributed by atoms with Crippen molar-refractivity contribution in [1.29, 1.82) is 0 Å². The van der Waals surface area contributed by atoms with E-state index in [0.717, 1.165) is 18.9 Å². The second kappa shape index (κ2) is 10.1. The summed E-state index contributed by atoms with van der Waals surface area (Å²) in [6.07, 6.45) is 3.03. The highest BCUT2D eigenvalue weighted by atomic mass is 32.2. The van der Waals surface area contributed by atoms with Crippen molar-refractivity contribution in [2.24, 2.45) is 0 Å². The lowest BCUT2D eigenvalue weighted by Crippen LogP contribution is -2.45. The molecule has 9 nitrogen and oxygen atoms in total. The normalized spacial score (nSPS) is 15.2. The monoisotopic (exact) mass is 409 g/mol. The molecule has 0 radical (unpaired) electrons. The van der Waals surface area contributed by atoms with Crippen LogP contribution < -0.4 is 10.6 Å². The number of nitro benzene ring substituents is 1. The van der Waals surface area contributed by atoms with Crippen molar-refractivity contribution in [1.82, 2.24) is 10.6 Å². The van der Waals surface area contributed by atoms with Crippen LogP contribution in [0.15, 0.2) is 24.3 Å². The van der Waals surface area contributed by atoms with E-state index >= 15 is 0 Å². The van der Waals surface area contributed by atoms with E-state index in [1.165, 1.54) is 36.9 Å². The number of ether oxygens (including phenoxy) is 1. The largest absolute Gasteiger partial charge is 0.451 e. The maximum atomic E-state index is 12.5. The number of rotatable bonds is 10. The first-order chi connectivity index (χ1) is 13.3. The van der Waals surface area contributed by atoms with Crippen LogP contribution in [0, 0.1) is 10.1 Å². The summed E-state index contributed by atoms with van der Waals surface area (Å²) in [5.41, 5.74) is -0.156. The summed E-state index contributed by atoms with van der Waals surface area (Å²) >= 11 is 1.49. The first kappa shape index (κ1) is 21.7. The fourth-order valence-corrected chi connectivity index (χ4v) is 2.81. The van der Waals surface area contributed by atoms with E-state index in [1.807, 2.05) is 6.26 Å². The zero-order valence-corrected chi connectivity index (χ0v) is 16.5. The van der Waals surface area contributed by atoms with Gasteiger partial charge in [0.1, 0.15) is 6.04 Å². The molecule has 1 fully saturated rings. The molecule has 0 spiro atoms. The van der Waals surface area contributed by atoms with Gasteiger partial charge >= 0.3 is 5.97 Å². The van der Waals surface area contributed by atoms with Gasteiger partial charge in [-0.05, 0) is 44.3 Å². The van der Waals surface area contributed by atoms with E-state index in [0.29, 0.717) is 12.2 Å². The number of hydrogen-bond acceptors (Lipinski definition) is 7. The Kier molecular flexibility index (Phi) is 7.80. The number of thioether (sulfide) groups is 1. The Labute approximate surface area is 166 Å². The van der Waals surface area contributed by atoms with E-state index in [9.17, 15) is 24.5 Å². The fraction of sp³-hybridized carbons (Fsp3) is 0.500. The quantitative estimate of drug-likeness (QED) is 0.342. The van der Waals surface area contributed by atoms with Crippen LogP contribution in [-0.2, 0) is 14.3 Å². The van der Waals surface area contributed by atoms with Crippen LogP contribution in [0.1, 0.15) is 36.5 Å². The fourth-order valence-electron chi connectivity index (χ4n) is 2.34. The van der Waals surface area contributed by atoms with E-state index in [-0.39, 0.29) is 23.2 Å². The third-order valence-corrected chi connectivity index (χ3v) is 4.75. The Morgan fingerprint density at radius 1 is 1.36 bits per heavy atom. The molecule has 152 valence electrons. The summed E-state index contributed by atoms with van der Waals surface area (Å²) in [5.74, 6) is -1.13. The zero-order valence-electron chi connectivity index (χ0n) is 15.7. The predicted octanol–water partition coefficient (Wildman–Crippen LogP) is 1.66. The van der Waals surface area contributed by atoms with Gasteiger partial charge in [-0.3, -0.25) is 19.7 Å². The number of non-ortho nitro benzene ring substituents is 1. The van der Waals surface area contributed by atoms with Crippen molar-refractivity contribution in [3.63, 3.8) is 0 Å². The van der Waals surface area contributed by atoms with Crippen molar-refractivity contribution < 1.29 is 24.0 Å². The second-order valence-corrected chi connectivity index (χ2v) is 7.46. The molecule has 2 N–H and O–H groups in total. The minimum atomic E-state index is -0.973. The predicted molar refractivity (Wildman–Crippen MR) is 104 cm³/mol. The molecule has 10 heteroatoms. The lowest BCUT2D eigenvalue weighted by Gasteiger charge is -2.20. The van der Waals surface area contributed by atoms with Gasteiger partial charge in [-0.25, -0.2) is 4.79 Å². The molecule has 0 aliphatic heterocycles. The highest BCUT2D eigenvalue weighted by Gasteiger charge is 2.30. The van der Waals surface area contributed by atoms with Crippen LogP contribution in [0.25, 0.3) is 0 Å². The molecular weight excluding hydrogens is 386 g/mol. The topological polar surface area (TPSA) is 128 Å². The van der Waals surface area contributed by atoms with Gasteiger partial charge in [-0.15, -0.1) is 0 Å². The van der Waals surface area contributed by atoms with Crippen LogP contribution in [0.5, 0.6) is 0 Å². The van der Waals surface area contributed by atoms with Gasteiger partial charge in [-0.2, -0.15) is 11.8 Å². The van der Waals surface area contributed by atoms with E-state index < -0.39 is 28.9 Å². The Balaban J connectivity index is 2.01. The van der Waals surface area contributed by atoms with Crippen LogP contribution in [0.3, 0.4) is 0 Å². The van der Waals surface area contributed by atoms with Crippen LogP contribution in [-0.4, -0.2) is 52.9 Å². The Morgan fingerprint density at radius 2 is 2.07 bits per heavy atom. The number of nitrogens with one attached hydrogen (secondary N) is 2. The molecule has 0 bridgehead atoms. The molecule has 1 aromatic carbocycles. The average Bonchev–Trinajstić information content (AvgIpc) is 3.48. The van der Waals surface area contributed by atoms with Gasteiger partial charge in [0.05, 0.1) is 4.92 Å². The highest BCUT2D eigenvalue weighted by molar-refractivity contribution is 7.98. The standard InChI is InChI=1S/C18H23N3O6S/c1-11(16(22)19-13-6-7-13)27-18(24)15(8-9-28-2)20-17(23)12-4-3-5-14(10-12)21(25)26/h3-5,10-11,13,15H,6-9H2,1-2H3,(H,19,22)(H,20,23)/t11-,15-/m0/s1. The maximum absolute atomic E-state index is 12.5. The van der Waals surface area contributed by atoms with Gasteiger partial charge < -0.3 is 15.4 Å². The smallest absolute Gasteiger partial charge is 0.329 e. The summed E-state index contributed by atoms with van der Waals surface area (Å²) < 4.78 is 5.22. The summed E-state index contributed by atoms with van der Waals surface area (Å²) in [5, 5.41) is 16.2. The molecule has 2 rings (SSSR count). The summed E-state index contributed by atoms with van der Waals surface area (Å²) in [6.45, 7) is 1.48. The minimum Gasteiger partial charge on any atom is -0.451 e. The van der Waals surface area contributed by atoms with Crippen molar-refractivity contribution in [3.05, 3.63) is 39.9 Å². The third kappa shape index (κ3) is 6.52. The zero-order chi connectivity index (χ0) is 20.7. The van der Waals surface area contributed by atoms with Gasteiger partial charge in [0.2, 0.25) is 0 Å². The Hall–Kier alpha value is -2.62. The molecule has 1 aliphatic carbocycles. The average molecular weight is 409 g/mol. The van der Waals surface area contributed by atoms with Crippen LogP contribution >= 0.6 is 11.8 Å². The van der Waals surface area contributed by atoms with Crippen molar-refractivity contribution in [3.8, 4) is 0 Å². The molecule has 1 aliphatic rings. The van der Waals surface area contributed by atoms with Gasteiger partial charge in [0.25, 0.3) is 17.5 Å². The van der Waals surface area contributed by atoms with Crippen LogP contribution in [0.2, 0.25) is 0 Å². The molecule has 1 saturated carbocycles. The molecular formula is C18H23N3O6S. The second-order valence-electron chi connectivity index (χ2n) is 6.48. The molecule has 2 atom stereocenters. The van der Waals surface area contributed by atoms with Gasteiger partial charge in [0, 0.05) is 23.7 Å². The van der Waals surface area contributed by atoms with E-state index in [1.54, 1.807) is 0 Å². The van der Waals surface area contributed by atoms with Crippen molar-refractivity contribution in [2.75, 3.05) is 12.0 Å². The third-order valence-electron chi connectivity index (χ3n) is 4.11. The molecule has 2 amide bonds. The number of esters is 1. The molecule has 0 unspecified atom stereocenters. The number of benzene rings is 1. The lowest BCUT2D eigenvalue weighted by atomic mass is 10.1. The maximum Gasteiger partial charge on any atom is 0.329 e. The molecule has 28 heavy (non-hydrogen) atoms. The van der Waals surface area contributed by atoms with Crippen LogP contribution in [0.4, 0.5) is 5.69 Å². The number of nitro groups is 1. The van der Waals surface area contributed by atoms with Crippen molar-refractivity contribution in [2.45, 2.75) is 44.4 Å². The number of amides is 2. The number of nitrogens with zero attached hydrogens (tertiary/aromatic N) is 1.